The van der Waals surface area contributed by atoms with Gasteiger partial charge in [0.2, 0.25) is 0 Å². The van der Waals surface area contributed by atoms with Crippen molar-refractivity contribution in [2.45, 2.75) is 52.4 Å². The number of benzene rings is 4. The summed E-state index contributed by atoms with van der Waals surface area (Å²) in [6, 6.07) is 34.2. The van der Waals surface area contributed by atoms with Crippen LogP contribution in [0.3, 0.4) is 0 Å². The van der Waals surface area contributed by atoms with E-state index in [-0.39, 0.29) is 0 Å². The van der Waals surface area contributed by atoms with Crippen molar-refractivity contribution in [2.75, 3.05) is 0 Å². The summed E-state index contributed by atoms with van der Waals surface area (Å²) in [5.74, 6) is 1.67. The van der Waals surface area contributed by atoms with E-state index in [0.29, 0.717) is 0 Å². The highest BCUT2D eigenvalue weighted by atomic mass is 16.5. The van der Waals surface area contributed by atoms with Gasteiger partial charge in [0.25, 0.3) is 0 Å². The molecule has 4 aromatic carbocycles. The summed E-state index contributed by atoms with van der Waals surface area (Å²) in [4.78, 5) is 0. The second-order valence-electron chi connectivity index (χ2n) is 9.60. The maximum Gasteiger partial charge on any atom is 0.127 e. The minimum Gasteiger partial charge on any atom is -0.457 e. The summed E-state index contributed by atoms with van der Waals surface area (Å²) in [6.07, 6.45) is 15.9. The lowest BCUT2D eigenvalue weighted by atomic mass is 10.1. The lowest BCUT2D eigenvalue weighted by Crippen LogP contribution is -1.85. The number of aryl methyl sites for hydroxylation is 2. The molecule has 0 aromatic heterocycles. The Bertz CT molecular complexity index is 1160. The van der Waals surface area contributed by atoms with Crippen molar-refractivity contribution in [3.05, 3.63) is 130 Å². The first kappa shape index (κ1) is 26.2. The number of rotatable bonds is 12. The third-order valence-electron chi connectivity index (χ3n) is 6.53. The van der Waals surface area contributed by atoms with Crippen LogP contribution in [0.25, 0.3) is 24.3 Å². The molecule has 0 heterocycles. The average Bonchev–Trinajstić information content (AvgIpc) is 2.95. The van der Waals surface area contributed by atoms with E-state index in [1.165, 1.54) is 47.9 Å². The Morgan fingerprint density at radius 2 is 0.730 bits per heavy atom. The van der Waals surface area contributed by atoms with Crippen molar-refractivity contribution in [1.29, 1.82) is 0 Å². The number of hydrogen-bond donors (Lipinski definition) is 0. The first-order valence-corrected chi connectivity index (χ1v) is 13.6. The first-order valence-electron chi connectivity index (χ1n) is 13.6. The van der Waals surface area contributed by atoms with Crippen LogP contribution in [-0.4, -0.2) is 0 Å². The SMILES string of the molecule is CCCCc1ccc(C=Cc2ccc(Oc3ccc(C=Cc4ccc(CCCC)cc4)cc3)cc2)cc1. The standard InChI is InChI=1S/C36H38O/c1-3-5-7-29-9-13-31(14-10-29)17-19-33-21-25-35(26-22-33)37-36-27-23-34(24-28-36)20-18-32-15-11-30(12-16-32)8-6-4-2/h9-28H,3-8H2,1-2H3. The van der Waals surface area contributed by atoms with Crippen LogP contribution in [0, 0.1) is 0 Å². The molecule has 0 amide bonds. The van der Waals surface area contributed by atoms with E-state index in [1.807, 2.05) is 24.3 Å². The van der Waals surface area contributed by atoms with Gasteiger partial charge in [-0.25, -0.2) is 0 Å². The maximum absolute atomic E-state index is 6.06. The van der Waals surface area contributed by atoms with Gasteiger partial charge in [0.15, 0.2) is 0 Å². The third kappa shape index (κ3) is 8.65. The second-order valence-corrected chi connectivity index (χ2v) is 9.60. The maximum atomic E-state index is 6.06. The highest BCUT2D eigenvalue weighted by Gasteiger charge is 1.99. The zero-order valence-electron chi connectivity index (χ0n) is 22.2. The molecule has 0 spiro atoms. The highest BCUT2D eigenvalue weighted by Crippen LogP contribution is 2.23. The molecule has 4 aromatic rings. The third-order valence-corrected chi connectivity index (χ3v) is 6.53. The van der Waals surface area contributed by atoms with Gasteiger partial charge in [0.05, 0.1) is 0 Å². The van der Waals surface area contributed by atoms with Crippen LogP contribution >= 0.6 is 0 Å². The smallest absolute Gasteiger partial charge is 0.127 e. The van der Waals surface area contributed by atoms with Crippen molar-refractivity contribution in [3.63, 3.8) is 0 Å². The van der Waals surface area contributed by atoms with E-state index >= 15 is 0 Å². The van der Waals surface area contributed by atoms with Crippen molar-refractivity contribution in [2.24, 2.45) is 0 Å². The van der Waals surface area contributed by atoms with Crippen LogP contribution in [0.4, 0.5) is 0 Å². The highest BCUT2D eigenvalue weighted by molar-refractivity contribution is 5.71. The van der Waals surface area contributed by atoms with Gasteiger partial charge in [-0.05, 0) is 83.3 Å². The Balaban J connectivity index is 1.28. The molecule has 37 heavy (non-hydrogen) atoms. The average molecular weight is 487 g/mol. The monoisotopic (exact) mass is 486 g/mol. The van der Waals surface area contributed by atoms with Crippen LogP contribution in [0.5, 0.6) is 11.5 Å². The van der Waals surface area contributed by atoms with Crippen LogP contribution in [0.2, 0.25) is 0 Å². The van der Waals surface area contributed by atoms with E-state index in [9.17, 15) is 0 Å². The molecule has 1 heteroatoms. The van der Waals surface area contributed by atoms with Gasteiger partial charge in [-0.15, -0.1) is 0 Å². The Hall–Kier alpha value is -3.84. The van der Waals surface area contributed by atoms with Gasteiger partial charge < -0.3 is 4.74 Å². The summed E-state index contributed by atoms with van der Waals surface area (Å²) >= 11 is 0. The fourth-order valence-corrected chi connectivity index (χ4v) is 4.17. The molecule has 0 aliphatic carbocycles. The summed E-state index contributed by atoms with van der Waals surface area (Å²) in [5.41, 5.74) is 7.58. The normalized spacial score (nSPS) is 11.4. The molecule has 4 rings (SSSR count). The van der Waals surface area contributed by atoms with Gasteiger partial charge in [-0.2, -0.15) is 0 Å². The van der Waals surface area contributed by atoms with Gasteiger partial charge in [0, 0.05) is 0 Å². The molecule has 0 N–H and O–H groups in total. The molecule has 0 aliphatic rings. The molecule has 188 valence electrons. The molecule has 0 fully saturated rings. The van der Waals surface area contributed by atoms with Gasteiger partial charge in [0.1, 0.15) is 11.5 Å². The zero-order valence-corrected chi connectivity index (χ0v) is 22.2. The molecule has 1 nitrogen and oxygen atoms in total. The largest absolute Gasteiger partial charge is 0.457 e. The number of unbranched alkanes of at least 4 members (excludes halogenated alkanes) is 2. The Labute approximate surface area is 223 Å². The lowest BCUT2D eigenvalue weighted by Gasteiger charge is -2.06. The summed E-state index contributed by atoms with van der Waals surface area (Å²) in [7, 11) is 0. The minimum atomic E-state index is 0.837. The predicted molar refractivity (Wildman–Crippen MR) is 161 cm³/mol. The van der Waals surface area contributed by atoms with E-state index < -0.39 is 0 Å². The van der Waals surface area contributed by atoms with Gasteiger partial charge in [-0.1, -0.05) is 124 Å². The van der Waals surface area contributed by atoms with E-state index in [1.54, 1.807) is 0 Å². The Morgan fingerprint density at radius 3 is 1.03 bits per heavy atom. The number of hydrogen-bond acceptors (Lipinski definition) is 1. The molecule has 0 atom stereocenters. The summed E-state index contributed by atoms with van der Waals surface area (Å²) in [6.45, 7) is 4.47. The molecule has 0 saturated carbocycles. The Kier molecular flexibility index (Phi) is 9.95. The van der Waals surface area contributed by atoms with E-state index in [0.717, 1.165) is 35.5 Å². The van der Waals surface area contributed by atoms with Crippen molar-refractivity contribution < 1.29 is 4.74 Å². The van der Waals surface area contributed by atoms with Crippen LogP contribution in [0.1, 0.15) is 72.9 Å². The van der Waals surface area contributed by atoms with Crippen molar-refractivity contribution in [1.82, 2.24) is 0 Å². The van der Waals surface area contributed by atoms with E-state index in [4.69, 9.17) is 4.74 Å². The molecule has 0 unspecified atom stereocenters. The predicted octanol–water partition coefficient (Wildman–Crippen LogP) is 10.5. The molecule has 0 saturated heterocycles. The van der Waals surface area contributed by atoms with Crippen LogP contribution < -0.4 is 4.74 Å². The van der Waals surface area contributed by atoms with E-state index in [2.05, 4.69) is 111 Å². The van der Waals surface area contributed by atoms with Crippen LogP contribution in [-0.2, 0) is 12.8 Å². The summed E-state index contributed by atoms with van der Waals surface area (Å²) < 4.78 is 6.06. The Morgan fingerprint density at radius 1 is 0.432 bits per heavy atom. The molecule has 0 radical (unpaired) electrons. The zero-order chi connectivity index (χ0) is 25.7. The minimum absolute atomic E-state index is 0.837. The summed E-state index contributed by atoms with van der Waals surface area (Å²) in [5, 5.41) is 0. The van der Waals surface area contributed by atoms with Crippen molar-refractivity contribution in [3.8, 4) is 11.5 Å². The molecular weight excluding hydrogens is 448 g/mol. The molecule has 0 bridgehead atoms. The molecule has 0 aliphatic heterocycles. The lowest BCUT2D eigenvalue weighted by molar-refractivity contribution is 0.482. The second kappa shape index (κ2) is 14.0. The van der Waals surface area contributed by atoms with Gasteiger partial charge in [-0.3, -0.25) is 0 Å². The quantitative estimate of drug-likeness (QED) is 0.181. The van der Waals surface area contributed by atoms with Gasteiger partial charge >= 0.3 is 0 Å². The first-order chi connectivity index (χ1) is 18.2. The van der Waals surface area contributed by atoms with Crippen molar-refractivity contribution >= 4 is 24.3 Å². The molecular formula is C36H38O. The topological polar surface area (TPSA) is 9.23 Å². The fraction of sp³-hybridized carbons (Fsp3) is 0.222. The fourth-order valence-electron chi connectivity index (χ4n) is 4.17. The number of ether oxygens (including phenoxy) is 1. The van der Waals surface area contributed by atoms with Crippen LogP contribution in [0.15, 0.2) is 97.1 Å².